The van der Waals surface area contributed by atoms with Crippen LogP contribution in [0.2, 0.25) is 0 Å². The highest BCUT2D eigenvalue weighted by Gasteiger charge is 2.14. The molecule has 1 heterocycles. The first-order valence-corrected chi connectivity index (χ1v) is 6.12. The number of rotatable bonds is 5. The Hall–Kier alpha value is -2.14. The zero-order valence-corrected chi connectivity index (χ0v) is 10.7. The van der Waals surface area contributed by atoms with Gasteiger partial charge in [0.25, 0.3) is 5.56 Å². The average molecular weight is 260 g/mol. The molecule has 19 heavy (non-hydrogen) atoms. The Morgan fingerprint density at radius 2 is 2.16 bits per heavy atom. The van der Waals surface area contributed by atoms with Crippen LogP contribution >= 0.6 is 0 Å². The van der Waals surface area contributed by atoms with Crippen molar-refractivity contribution >= 4 is 0 Å². The Morgan fingerprint density at radius 1 is 1.37 bits per heavy atom. The normalized spacial score (nSPS) is 12.1. The van der Waals surface area contributed by atoms with Crippen LogP contribution in [-0.4, -0.2) is 21.3 Å². The van der Waals surface area contributed by atoms with Gasteiger partial charge in [-0.25, -0.2) is 4.98 Å². The molecule has 0 aliphatic rings. The van der Waals surface area contributed by atoms with Crippen LogP contribution in [0.1, 0.15) is 18.6 Å². The number of hydrogen-bond donors (Lipinski definition) is 1. The van der Waals surface area contributed by atoms with E-state index in [1.807, 2.05) is 19.1 Å². The summed E-state index contributed by atoms with van der Waals surface area (Å²) in [6.45, 7) is 2.56. The maximum absolute atomic E-state index is 11.6. The molecule has 1 aromatic heterocycles. The van der Waals surface area contributed by atoms with E-state index in [2.05, 4.69) is 4.98 Å². The van der Waals surface area contributed by atoms with Crippen molar-refractivity contribution in [3.63, 3.8) is 0 Å². The van der Waals surface area contributed by atoms with Crippen LogP contribution in [0, 0.1) is 0 Å². The fraction of sp³-hybridized carbons (Fsp3) is 0.286. The molecule has 0 saturated heterocycles. The summed E-state index contributed by atoms with van der Waals surface area (Å²) < 4.78 is 6.83. The van der Waals surface area contributed by atoms with Crippen molar-refractivity contribution < 1.29 is 9.84 Å². The topological polar surface area (TPSA) is 64.3 Å². The van der Waals surface area contributed by atoms with Gasteiger partial charge in [0.2, 0.25) is 0 Å². The minimum atomic E-state index is -0.815. The predicted octanol–water partition coefficient (Wildman–Crippen LogP) is 1.38. The van der Waals surface area contributed by atoms with Crippen molar-refractivity contribution in [1.82, 2.24) is 9.55 Å². The summed E-state index contributed by atoms with van der Waals surface area (Å²) in [4.78, 5) is 15.4. The van der Waals surface area contributed by atoms with Gasteiger partial charge in [0.15, 0.2) is 0 Å². The molecule has 1 atom stereocenters. The number of hydrogen-bond acceptors (Lipinski definition) is 4. The molecule has 0 amide bonds. The number of nitrogens with zero attached hydrogens (tertiary/aromatic N) is 2. The van der Waals surface area contributed by atoms with E-state index in [-0.39, 0.29) is 12.1 Å². The lowest BCUT2D eigenvalue weighted by atomic mass is 10.1. The zero-order chi connectivity index (χ0) is 13.7. The van der Waals surface area contributed by atoms with Gasteiger partial charge in [-0.2, -0.15) is 0 Å². The van der Waals surface area contributed by atoms with Crippen LogP contribution in [0.4, 0.5) is 0 Å². The molecule has 5 heteroatoms. The molecule has 1 unspecified atom stereocenters. The van der Waals surface area contributed by atoms with E-state index in [4.69, 9.17) is 4.74 Å². The third-order valence-electron chi connectivity index (χ3n) is 2.74. The summed E-state index contributed by atoms with van der Waals surface area (Å²) in [6, 6.07) is 8.62. The Kier molecular flexibility index (Phi) is 4.30. The molecule has 0 spiro atoms. The van der Waals surface area contributed by atoms with E-state index in [0.717, 1.165) is 0 Å². The fourth-order valence-corrected chi connectivity index (χ4v) is 1.84. The molecule has 0 aliphatic carbocycles. The Bertz CT molecular complexity index is 595. The van der Waals surface area contributed by atoms with Crippen LogP contribution in [-0.2, 0) is 6.54 Å². The van der Waals surface area contributed by atoms with E-state index in [0.29, 0.717) is 17.9 Å². The summed E-state index contributed by atoms with van der Waals surface area (Å²) in [7, 11) is 0. The minimum absolute atomic E-state index is 0.150. The Labute approximate surface area is 111 Å². The van der Waals surface area contributed by atoms with Gasteiger partial charge in [-0.05, 0) is 13.0 Å². The predicted molar refractivity (Wildman–Crippen MR) is 71.1 cm³/mol. The summed E-state index contributed by atoms with van der Waals surface area (Å²) >= 11 is 0. The second-order valence-electron chi connectivity index (χ2n) is 4.06. The fourth-order valence-electron chi connectivity index (χ4n) is 1.84. The smallest absolute Gasteiger partial charge is 0.253 e. The highest BCUT2D eigenvalue weighted by atomic mass is 16.5. The summed E-state index contributed by atoms with van der Waals surface area (Å²) in [5.41, 5.74) is 0.475. The highest BCUT2D eigenvalue weighted by Crippen LogP contribution is 2.25. The number of aromatic nitrogens is 2. The summed E-state index contributed by atoms with van der Waals surface area (Å²) in [6.07, 6.45) is 2.03. The van der Waals surface area contributed by atoms with Gasteiger partial charge in [-0.3, -0.25) is 9.36 Å². The van der Waals surface area contributed by atoms with E-state index in [9.17, 15) is 9.90 Å². The van der Waals surface area contributed by atoms with Crippen LogP contribution in [0.5, 0.6) is 5.75 Å². The van der Waals surface area contributed by atoms with Crippen molar-refractivity contribution in [3.8, 4) is 5.75 Å². The maximum atomic E-state index is 11.6. The molecule has 1 N–H and O–H groups in total. The Morgan fingerprint density at radius 3 is 2.89 bits per heavy atom. The third-order valence-corrected chi connectivity index (χ3v) is 2.74. The second kappa shape index (κ2) is 6.15. The molecular weight excluding hydrogens is 244 g/mol. The molecule has 0 radical (unpaired) electrons. The molecule has 2 aromatic rings. The summed E-state index contributed by atoms with van der Waals surface area (Å²) in [5.74, 6) is 0.634. The molecular formula is C14H16N2O3. The maximum Gasteiger partial charge on any atom is 0.253 e. The van der Waals surface area contributed by atoms with Gasteiger partial charge in [0.05, 0.1) is 19.5 Å². The van der Waals surface area contributed by atoms with E-state index >= 15 is 0 Å². The van der Waals surface area contributed by atoms with Crippen molar-refractivity contribution in [2.75, 3.05) is 6.61 Å². The van der Waals surface area contributed by atoms with Gasteiger partial charge >= 0.3 is 0 Å². The zero-order valence-electron chi connectivity index (χ0n) is 10.7. The van der Waals surface area contributed by atoms with Gasteiger partial charge in [0.1, 0.15) is 11.9 Å². The first-order valence-electron chi connectivity index (χ1n) is 6.12. The lowest BCUT2D eigenvalue weighted by Gasteiger charge is -2.16. The van der Waals surface area contributed by atoms with Crippen molar-refractivity contribution in [3.05, 3.63) is 58.8 Å². The minimum Gasteiger partial charge on any atom is -0.493 e. The molecule has 100 valence electrons. The third kappa shape index (κ3) is 3.20. The lowest BCUT2D eigenvalue weighted by Crippen LogP contribution is -2.22. The van der Waals surface area contributed by atoms with Crippen LogP contribution in [0.15, 0.2) is 47.7 Å². The second-order valence-corrected chi connectivity index (χ2v) is 4.06. The van der Waals surface area contributed by atoms with E-state index in [1.54, 1.807) is 12.1 Å². The van der Waals surface area contributed by atoms with Gasteiger partial charge in [-0.1, -0.05) is 18.2 Å². The van der Waals surface area contributed by atoms with E-state index < -0.39 is 6.10 Å². The highest BCUT2D eigenvalue weighted by molar-refractivity contribution is 5.35. The number of benzene rings is 1. The number of aliphatic hydroxyl groups is 1. The molecule has 2 rings (SSSR count). The number of aliphatic hydroxyl groups excluding tert-OH is 1. The summed E-state index contributed by atoms with van der Waals surface area (Å²) in [5, 5.41) is 10.2. The quantitative estimate of drug-likeness (QED) is 0.882. The van der Waals surface area contributed by atoms with E-state index in [1.165, 1.54) is 23.2 Å². The van der Waals surface area contributed by atoms with Gasteiger partial charge in [0, 0.05) is 17.8 Å². The molecule has 0 fully saturated rings. The molecule has 0 saturated carbocycles. The van der Waals surface area contributed by atoms with Crippen LogP contribution < -0.4 is 10.3 Å². The monoisotopic (exact) mass is 260 g/mol. The largest absolute Gasteiger partial charge is 0.493 e. The molecule has 5 nitrogen and oxygen atoms in total. The van der Waals surface area contributed by atoms with Crippen molar-refractivity contribution in [2.24, 2.45) is 0 Å². The number of para-hydroxylation sites is 1. The first-order chi connectivity index (χ1) is 9.22. The first kappa shape index (κ1) is 13.3. The number of ether oxygens (including phenoxy) is 1. The van der Waals surface area contributed by atoms with Crippen molar-refractivity contribution in [1.29, 1.82) is 0 Å². The SMILES string of the molecule is CCOc1ccccc1C(O)Cn1cnccc1=O. The van der Waals surface area contributed by atoms with Crippen LogP contribution in [0.25, 0.3) is 0 Å². The van der Waals surface area contributed by atoms with Gasteiger partial charge in [-0.15, -0.1) is 0 Å². The average Bonchev–Trinajstić information content (AvgIpc) is 2.42. The molecule has 0 bridgehead atoms. The van der Waals surface area contributed by atoms with Crippen molar-refractivity contribution in [2.45, 2.75) is 19.6 Å². The molecule has 0 aliphatic heterocycles. The van der Waals surface area contributed by atoms with Gasteiger partial charge < -0.3 is 9.84 Å². The molecule has 1 aromatic carbocycles. The Balaban J connectivity index is 2.23. The lowest BCUT2D eigenvalue weighted by molar-refractivity contribution is 0.149. The standard InChI is InChI=1S/C14H16N2O3/c1-2-19-13-6-4-3-5-11(13)12(17)9-16-10-15-8-7-14(16)18/h3-8,10,12,17H,2,9H2,1H3. The van der Waals surface area contributed by atoms with Crippen LogP contribution in [0.3, 0.4) is 0 Å².